The fraction of sp³-hybridized carbons (Fsp3) is 0.370. The molecule has 0 fully saturated rings. The fourth-order valence-corrected chi connectivity index (χ4v) is 2.14. The van der Waals surface area contributed by atoms with Crippen LogP contribution >= 0.6 is 0 Å². The van der Waals surface area contributed by atoms with Crippen molar-refractivity contribution in [3.8, 4) is 0 Å². The average molecular weight is 414 g/mol. The van der Waals surface area contributed by atoms with Gasteiger partial charge in [-0.3, -0.25) is 0 Å². The minimum Gasteiger partial charge on any atom is -0.440 e. The van der Waals surface area contributed by atoms with Crippen molar-refractivity contribution in [1.29, 1.82) is 0 Å². The number of nitrogens with zero attached hydrogens (tertiary/aromatic N) is 1. The summed E-state index contributed by atoms with van der Waals surface area (Å²) in [5, 5.41) is 7.00. The van der Waals surface area contributed by atoms with Crippen molar-refractivity contribution in [3.05, 3.63) is 91.8 Å². The molecule has 3 heteroatoms. The number of allylic oxidation sites excluding steroid dienone is 11. The second-order valence-electron chi connectivity index (χ2n) is 5.35. The zero-order chi connectivity index (χ0) is 23.9. The lowest BCUT2D eigenvalue weighted by atomic mass is 10.0. The van der Waals surface area contributed by atoms with E-state index in [2.05, 4.69) is 33.6 Å². The zero-order valence-corrected chi connectivity index (χ0v) is 20.4. The number of hydrogen-bond acceptors (Lipinski definition) is 3. The Kier molecular flexibility index (Phi) is 24.2. The molecule has 3 nitrogen and oxygen atoms in total. The Morgan fingerprint density at radius 3 is 1.93 bits per heavy atom. The van der Waals surface area contributed by atoms with E-state index in [1.54, 1.807) is 18.2 Å². The van der Waals surface area contributed by atoms with Gasteiger partial charge in [-0.25, -0.2) is 4.98 Å². The molecule has 0 amide bonds. The summed E-state index contributed by atoms with van der Waals surface area (Å²) in [5.74, 6) is 1.72. The molecule has 1 atom stereocenters. The third kappa shape index (κ3) is 11.4. The van der Waals surface area contributed by atoms with Gasteiger partial charge in [0.05, 0.1) is 0 Å². The maximum atomic E-state index is 7.00. The highest BCUT2D eigenvalue weighted by Gasteiger charge is 2.20. The second-order valence-corrected chi connectivity index (χ2v) is 5.35. The second kappa shape index (κ2) is 22.6. The van der Waals surface area contributed by atoms with Gasteiger partial charge in [0.15, 0.2) is 11.7 Å². The molecule has 1 unspecified atom stereocenters. The summed E-state index contributed by atoms with van der Waals surface area (Å²) in [6.45, 7) is 25.5. The van der Waals surface area contributed by atoms with Gasteiger partial charge in [0.2, 0.25) is 0 Å². The monoisotopic (exact) mass is 413 g/mol. The molecule has 0 aliphatic rings. The summed E-state index contributed by atoms with van der Waals surface area (Å²) < 4.78 is 6.13. The maximum Gasteiger partial charge on any atom is 0.198 e. The minimum atomic E-state index is 0.251. The van der Waals surface area contributed by atoms with Crippen LogP contribution < -0.4 is 0 Å². The smallest absolute Gasteiger partial charge is 0.198 e. The molecule has 0 aliphatic carbocycles. The first-order valence-corrected chi connectivity index (χ1v) is 10.7. The van der Waals surface area contributed by atoms with Gasteiger partial charge in [0.1, 0.15) is 5.69 Å². The van der Waals surface area contributed by atoms with Crippen LogP contribution in [0.25, 0.3) is 11.1 Å². The number of hydrogen-bond donors (Lipinski definition) is 1. The predicted octanol–water partition coefficient (Wildman–Crippen LogP) is 8.31. The lowest BCUT2D eigenvalue weighted by Crippen LogP contribution is -1.92. The number of aliphatic hydroxyl groups excluding tert-OH is 1. The molecule has 0 radical (unpaired) electrons. The van der Waals surface area contributed by atoms with Gasteiger partial charge in [0.25, 0.3) is 0 Å². The Bertz CT molecular complexity index is 700. The first-order valence-electron chi connectivity index (χ1n) is 10.7. The van der Waals surface area contributed by atoms with Crippen LogP contribution in [0, 0.1) is 0 Å². The Morgan fingerprint density at radius 1 is 0.967 bits per heavy atom. The topological polar surface area (TPSA) is 46.3 Å². The van der Waals surface area contributed by atoms with E-state index < -0.39 is 0 Å². The third-order valence-electron chi connectivity index (χ3n) is 3.57. The van der Waals surface area contributed by atoms with Crippen LogP contribution in [0.5, 0.6) is 0 Å². The van der Waals surface area contributed by atoms with Crippen LogP contribution in [0.15, 0.2) is 78.8 Å². The summed E-state index contributed by atoms with van der Waals surface area (Å²) in [5.41, 5.74) is 2.68. The largest absolute Gasteiger partial charge is 0.440 e. The van der Waals surface area contributed by atoms with Crippen LogP contribution in [-0.2, 0) is 0 Å². The van der Waals surface area contributed by atoms with E-state index in [1.165, 1.54) is 0 Å². The van der Waals surface area contributed by atoms with Crippen LogP contribution in [0.2, 0.25) is 0 Å². The fourth-order valence-electron chi connectivity index (χ4n) is 2.14. The van der Waals surface area contributed by atoms with E-state index in [4.69, 9.17) is 14.5 Å². The highest BCUT2D eigenvalue weighted by atomic mass is 16.4. The molecule has 0 saturated heterocycles. The average Bonchev–Trinajstić information content (AvgIpc) is 3.25. The molecule has 0 spiro atoms. The van der Waals surface area contributed by atoms with Crippen molar-refractivity contribution in [1.82, 2.24) is 4.98 Å². The Labute approximate surface area is 185 Å². The van der Waals surface area contributed by atoms with E-state index >= 15 is 0 Å². The first kappa shape index (κ1) is 32.0. The van der Waals surface area contributed by atoms with Crippen LogP contribution in [0.1, 0.15) is 78.1 Å². The van der Waals surface area contributed by atoms with Crippen molar-refractivity contribution in [2.75, 3.05) is 7.11 Å². The predicted molar refractivity (Wildman–Crippen MR) is 137 cm³/mol. The van der Waals surface area contributed by atoms with Crippen LogP contribution in [-0.4, -0.2) is 17.2 Å². The Hall–Kier alpha value is -2.65. The van der Waals surface area contributed by atoms with E-state index in [-0.39, 0.29) is 5.92 Å². The molecule has 1 rings (SSSR count). The summed E-state index contributed by atoms with van der Waals surface area (Å²) >= 11 is 0. The molecule has 1 heterocycles. The highest BCUT2D eigenvalue weighted by molar-refractivity contribution is 5.84. The highest BCUT2D eigenvalue weighted by Crippen LogP contribution is 2.31. The van der Waals surface area contributed by atoms with E-state index in [9.17, 15) is 0 Å². The molecule has 0 aromatic carbocycles. The summed E-state index contributed by atoms with van der Waals surface area (Å²) in [6, 6.07) is 0. The molecule has 0 saturated carbocycles. The lowest BCUT2D eigenvalue weighted by Gasteiger charge is -2.03. The molecular weight excluding hydrogens is 370 g/mol. The first-order chi connectivity index (χ1) is 14.6. The molecular formula is C27H43NO2. The van der Waals surface area contributed by atoms with Gasteiger partial charge in [0, 0.05) is 24.2 Å². The molecule has 168 valence electrons. The maximum absolute atomic E-state index is 7.00. The van der Waals surface area contributed by atoms with Gasteiger partial charge in [-0.15, -0.1) is 0 Å². The number of aromatic nitrogens is 1. The van der Waals surface area contributed by atoms with E-state index in [0.717, 1.165) is 42.0 Å². The zero-order valence-electron chi connectivity index (χ0n) is 20.4. The van der Waals surface area contributed by atoms with Crippen molar-refractivity contribution in [2.45, 2.75) is 60.8 Å². The van der Waals surface area contributed by atoms with Gasteiger partial charge < -0.3 is 9.52 Å². The van der Waals surface area contributed by atoms with E-state index in [0.29, 0.717) is 0 Å². The number of aliphatic hydroxyl groups is 1. The van der Waals surface area contributed by atoms with Gasteiger partial charge in [-0.2, -0.15) is 0 Å². The summed E-state index contributed by atoms with van der Waals surface area (Å²) in [4.78, 5) is 4.76. The van der Waals surface area contributed by atoms with Crippen molar-refractivity contribution in [3.63, 3.8) is 0 Å². The Morgan fingerprint density at radius 2 is 1.50 bits per heavy atom. The summed E-state index contributed by atoms with van der Waals surface area (Å²) in [6.07, 6.45) is 17.8. The van der Waals surface area contributed by atoms with Crippen molar-refractivity contribution in [2.24, 2.45) is 0 Å². The van der Waals surface area contributed by atoms with Gasteiger partial charge in [-0.1, -0.05) is 116 Å². The van der Waals surface area contributed by atoms with Crippen molar-refractivity contribution >= 4 is 11.1 Å². The lowest BCUT2D eigenvalue weighted by molar-refractivity contribution is 0.399. The molecule has 0 bridgehead atoms. The number of rotatable bonds is 9. The Balaban J connectivity index is -0.00000111. The van der Waals surface area contributed by atoms with Crippen molar-refractivity contribution < 1.29 is 9.52 Å². The van der Waals surface area contributed by atoms with Gasteiger partial charge >= 0.3 is 0 Å². The number of oxazole rings is 1. The van der Waals surface area contributed by atoms with E-state index in [1.807, 2.05) is 71.1 Å². The molecule has 1 aromatic rings. The third-order valence-corrected chi connectivity index (χ3v) is 3.57. The molecule has 1 aromatic heterocycles. The molecule has 30 heavy (non-hydrogen) atoms. The van der Waals surface area contributed by atoms with Crippen LogP contribution in [0.4, 0.5) is 0 Å². The SMILES string of the molecule is C=C/C=C\C(=C/C=C)c1oc(C(C)CC)nc1C(/C=C\C)=C/C=C.CC.CC.CO. The normalized spacial score (nSPS) is 12.0. The minimum absolute atomic E-state index is 0.251. The molecule has 0 aliphatic heterocycles. The standard InChI is InChI=1S/C22H27NO.2C2H6.CH4O/c1-7-12-16-19(15-10-4)21-20(18(13-8-2)14-9-3)23-22(24-21)17(6)11-5;3*1-2/h7-10,12-17H,1-2,4,11H2,3,5-6H3;2*1-2H3;2H,1H3/b14-9-,16-12-,18-13+,19-15+;;;. The van der Waals surface area contributed by atoms with Gasteiger partial charge in [-0.05, 0) is 13.3 Å². The van der Waals surface area contributed by atoms with Crippen LogP contribution in [0.3, 0.4) is 0 Å². The summed E-state index contributed by atoms with van der Waals surface area (Å²) in [7, 11) is 1.00. The molecule has 1 N–H and O–H groups in total. The quantitative estimate of drug-likeness (QED) is 0.414.